The number of rotatable bonds is 1. The molecule has 4 heteroatoms. The van der Waals surface area contributed by atoms with Crippen molar-refractivity contribution < 1.29 is 106 Å². The molecule has 0 spiro atoms. The van der Waals surface area contributed by atoms with Gasteiger partial charge in [0.2, 0.25) is 0 Å². The summed E-state index contributed by atoms with van der Waals surface area (Å²) < 4.78 is 0. The molecular weight excluding hydrogens is 130 g/mol. The van der Waals surface area contributed by atoms with Gasteiger partial charge in [0.15, 0.2) is 0 Å². The van der Waals surface area contributed by atoms with E-state index >= 15 is 0 Å². The van der Waals surface area contributed by atoms with E-state index in [4.69, 9.17) is 11.5 Å². The van der Waals surface area contributed by atoms with Crippen LogP contribution in [0.15, 0.2) is 0 Å². The van der Waals surface area contributed by atoms with Crippen molar-refractivity contribution in [3.8, 4) is 0 Å². The largest absolute Gasteiger partial charge is 1.00 e. The molecule has 0 aliphatic carbocycles. The second-order valence-electron chi connectivity index (χ2n) is 0.577. The van der Waals surface area contributed by atoms with Crippen LogP contribution in [0.25, 0.3) is 0 Å². The third-order valence-corrected chi connectivity index (χ3v) is 0.167. The van der Waals surface area contributed by atoms with Gasteiger partial charge in [-0.3, -0.25) is 0 Å². The van der Waals surface area contributed by atoms with Crippen molar-refractivity contribution >= 4 is 0 Å². The predicted octanol–water partition coefficient (Wildman–Crippen LogP) is -6.86. The zero-order valence-corrected chi connectivity index (χ0v) is 10.8. The fourth-order valence-corrected chi connectivity index (χ4v) is 0. The molecule has 0 bridgehead atoms. The van der Waals surface area contributed by atoms with Gasteiger partial charge >= 0.3 is 103 Å². The summed E-state index contributed by atoms with van der Waals surface area (Å²) in [7, 11) is 0. The molecule has 6 heavy (non-hydrogen) atoms. The summed E-state index contributed by atoms with van der Waals surface area (Å²) in [5.41, 5.74) is 9.81. The van der Waals surface area contributed by atoms with Gasteiger partial charge in [-0.25, -0.2) is 0 Å². The van der Waals surface area contributed by atoms with E-state index < -0.39 is 0 Å². The summed E-state index contributed by atoms with van der Waals surface area (Å²) in [6, 6.07) is 0. The summed E-state index contributed by atoms with van der Waals surface area (Å²) in [6.07, 6.45) is 0. The molecule has 0 aromatic rings. The van der Waals surface area contributed by atoms with E-state index in [1.165, 1.54) is 0 Å². The molecule has 0 heterocycles. The molecule has 2 nitrogen and oxygen atoms in total. The standard InChI is InChI=1S/C2H8N2.2K.2H/c3-1-2-4;;;;/h1-4H2;;;;/q;2*+1;2*-1. The molecular formula is C2H10K2N2. The normalized spacial score (nSPS) is 5.00. The summed E-state index contributed by atoms with van der Waals surface area (Å²) in [6.45, 7) is 1.19. The van der Waals surface area contributed by atoms with Crippen molar-refractivity contribution in [2.45, 2.75) is 0 Å². The Balaban J connectivity index is -0.00000000750. The van der Waals surface area contributed by atoms with Crippen molar-refractivity contribution in [2.24, 2.45) is 11.5 Å². The van der Waals surface area contributed by atoms with Crippen LogP contribution in [0.3, 0.4) is 0 Å². The SMILES string of the molecule is NCCN.[H-].[H-].[K+].[K+]. The van der Waals surface area contributed by atoms with E-state index in [2.05, 4.69) is 0 Å². The van der Waals surface area contributed by atoms with Gasteiger partial charge in [-0.15, -0.1) is 0 Å². The van der Waals surface area contributed by atoms with Crippen LogP contribution in [-0.4, -0.2) is 13.1 Å². The van der Waals surface area contributed by atoms with Crippen LogP contribution >= 0.6 is 0 Å². The molecule has 0 fully saturated rings. The first-order valence-electron chi connectivity index (χ1n) is 1.32. The first-order chi connectivity index (χ1) is 1.91. The topological polar surface area (TPSA) is 52.0 Å². The third kappa shape index (κ3) is 15.7. The average Bonchev–Trinajstić information content (AvgIpc) is 1.37. The van der Waals surface area contributed by atoms with Gasteiger partial charge in [0.05, 0.1) is 0 Å². The van der Waals surface area contributed by atoms with E-state index in [1.807, 2.05) is 0 Å². The number of hydrogen-bond acceptors (Lipinski definition) is 2. The van der Waals surface area contributed by atoms with Crippen molar-refractivity contribution in [1.82, 2.24) is 0 Å². The van der Waals surface area contributed by atoms with Crippen LogP contribution in [0.2, 0.25) is 0 Å². The Hall–Kier alpha value is 3.19. The molecule has 0 saturated heterocycles. The minimum absolute atomic E-state index is 0. The van der Waals surface area contributed by atoms with Gasteiger partial charge in [0.25, 0.3) is 0 Å². The molecule has 4 N–H and O–H groups in total. The van der Waals surface area contributed by atoms with Crippen LogP contribution in [0.5, 0.6) is 0 Å². The zero-order chi connectivity index (χ0) is 3.41. The van der Waals surface area contributed by atoms with Gasteiger partial charge in [-0.05, 0) is 0 Å². The van der Waals surface area contributed by atoms with Gasteiger partial charge < -0.3 is 14.3 Å². The van der Waals surface area contributed by atoms with E-state index in [1.54, 1.807) is 0 Å². The van der Waals surface area contributed by atoms with Crippen LogP contribution in [-0.2, 0) is 0 Å². The van der Waals surface area contributed by atoms with Crippen molar-refractivity contribution in [3.63, 3.8) is 0 Å². The van der Waals surface area contributed by atoms with E-state index in [0.29, 0.717) is 13.1 Å². The minimum Gasteiger partial charge on any atom is -1.00 e. The second kappa shape index (κ2) is 15.7. The number of nitrogens with two attached hydrogens (primary N) is 2. The smallest absolute Gasteiger partial charge is 1.00 e. The van der Waals surface area contributed by atoms with Gasteiger partial charge in [0.1, 0.15) is 0 Å². The van der Waals surface area contributed by atoms with E-state index in [-0.39, 0.29) is 106 Å². The molecule has 0 saturated carbocycles. The van der Waals surface area contributed by atoms with Crippen LogP contribution < -0.4 is 114 Å². The van der Waals surface area contributed by atoms with Gasteiger partial charge in [-0.1, -0.05) is 0 Å². The summed E-state index contributed by atoms with van der Waals surface area (Å²) in [5.74, 6) is 0. The van der Waals surface area contributed by atoms with E-state index in [0.717, 1.165) is 0 Å². The van der Waals surface area contributed by atoms with Crippen molar-refractivity contribution in [3.05, 3.63) is 0 Å². The predicted molar refractivity (Wildman–Crippen MR) is 20.3 cm³/mol. The molecule has 0 rings (SSSR count). The molecule has 30 valence electrons. The minimum atomic E-state index is 0. The summed E-state index contributed by atoms with van der Waals surface area (Å²) >= 11 is 0. The first kappa shape index (κ1) is 16.1. The molecule has 0 radical (unpaired) electrons. The third-order valence-electron chi connectivity index (χ3n) is 0.167. The maximum absolute atomic E-state index is 4.90. The Labute approximate surface area is 127 Å². The Morgan fingerprint density at radius 2 is 1.17 bits per heavy atom. The van der Waals surface area contributed by atoms with Crippen LogP contribution in [0, 0.1) is 0 Å². The van der Waals surface area contributed by atoms with Crippen LogP contribution in [0.4, 0.5) is 0 Å². The molecule has 0 atom stereocenters. The second-order valence-corrected chi connectivity index (χ2v) is 0.577. The van der Waals surface area contributed by atoms with E-state index in [9.17, 15) is 0 Å². The molecule has 0 aliphatic heterocycles. The Morgan fingerprint density at radius 1 is 1.00 bits per heavy atom. The molecule has 0 amide bonds. The quantitative estimate of drug-likeness (QED) is 0.356. The molecule has 0 aliphatic rings. The molecule has 0 unspecified atom stereocenters. The summed E-state index contributed by atoms with van der Waals surface area (Å²) in [5, 5.41) is 0. The maximum Gasteiger partial charge on any atom is 1.00 e. The Morgan fingerprint density at radius 3 is 1.17 bits per heavy atom. The zero-order valence-electron chi connectivity index (χ0n) is 6.57. The maximum atomic E-state index is 4.90. The van der Waals surface area contributed by atoms with Crippen LogP contribution in [0.1, 0.15) is 2.85 Å². The average molecular weight is 140 g/mol. The van der Waals surface area contributed by atoms with Crippen molar-refractivity contribution in [1.29, 1.82) is 0 Å². The number of hydrogen-bond donors (Lipinski definition) is 2. The fraction of sp³-hybridized carbons (Fsp3) is 1.00. The fourth-order valence-electron chi connectivity index (χ4n) is 0. The molecule has 0 aromatic carbocycles. The van der Waals surface area contributed by atoms with Gasteiger partial charge in [-0.2, -0.15) is 0 Å². The summed E-state index contributed by atoms with van der Waals surface area (Å²) in [4.78, 5) is 0. The van der Waals surface area contributed by atoms with Gasteiger partial charge in [0, 0.05) is 13.1 Å². The Bertz CT molecular complexity index is 18.0. The molecule has 0 aromatic heterocycles. The first-order valence-corrected chi connectivity index (χ1v) is 1.32. The monoisotopic (exact) mass is 140 g/mol. The van der Waals surface area contributed by atoms with Crippen molar-refractivity contribution in [2.75, 3.05) is 13.1 Å². The Kier molecular flexibility index (Phi) is 42.2.